The number of carbonyl (C=O) groups is 1. The van der Waals surface area contributed by atoms with Crippen LogP contribution in [0.3, 0.4) is 0 Å². The van der Waals surface area contributed by atoms with Crippen LogP contribution in [0.25, 0.3) is 0 Å². The normalized spacial score (nSPS) is 32.6. The van der Waals surface area contributed by atoms with Crippen molar-refractivity contribution < 1.29 is 9.90 Å². The van der Waals surface area contributed by atoms with E-state index in [0.29, 0.717) is 17.4 Å². The molecule has 0 amide bonds. The molecule has 0 bridgehead atoms. The molecule has 0 aromatic carbocycles. The van der Waals surface area contributed by atoms with E-state index in [0.717, 1.165) is 24.9 Å². The van der Waals surface area contributed by atoms with E-state index in [1.807, 2.05) is 11.4 Å². The van der Waals surface area contributed by atoms with Crippen molar-refractivity contribution in [3.05, 3.63) is 21.9 Å². The van der Waals surface area contributed by atoms with Gasteiger partial charge < -0.3 is 5.11 Å². The summed E-state index contributed by atoms with van der Waals surface area (Å²) in [6, 6.07) is 1.99. The van der Waals surface area contributed by atoms with Gasteiger partial charge in [-0.2, -0.15) is 0 Å². The maximum Gasteiger partial charge on any atom is 0.325 e. The highest BCUT2D eigenvalue weighted by atomic mass is 32.1. The zero-order valence-corrected chi connectivity index (χ0v) is 13.9. The van der Waals surface area contributed by atoms with Crippen LogP contribution < -0.4 is 0 Å². The molecule has 3 atom stereocenters. The Morgan fingerprint density at radius 1 is 1.48 bits per heavy atom. The third-order valence-electron chi connectivity index (χ3n) is 5.31. The Morgan fingerprint density at radius 3 is 2.90 bits per heavy atom. The Hall–Kier alpha value is -0.870. The summed E-state index contributed by atoms with van der Waals surface area (Å²) in [5.41, 5.74) is 1.44. The molecule has 3 rings (SSSR count). The van der Waals surface area contributed by atoms with Gasteiger partial charge in [-0.3, -0.25) is 9.69 Å². The van der Waals surface area contributed by atoms with Crippen LogP contribution in [0.1, 0.15) is 56.5 Å². The molecule has 1 saturated carbocycles. The first-order valence-electron chi connectivity index (χ1n) is 7.94. The van der Waals surface area contributed by atoms with Crippen LogP contribution in [0.15, 0.2) is 11.4 Å². The summed E-state index contributed by atoms with van der Waals surface area (Å²) in [4.78, 5) is 15.4. The molecule has 2 heterocycles. The topological polar surface area (TPSA) is 40.5 Å². The lowest BCUT2D eigenvalue weighted by molar-refractivity contribution is -0.146. The number of carboxylic acids is 1. The fraction of sp³-hybridized carbons (Fsp3) is 0.706. The Labute approximate surface area is 131 Å². The minimum Gasteiger partial charge on any atom is -0.480 e. The van der Waals surface area contributed by atoms with E-state index < -0.39 is 12.0 Å². The molecule has 1 aliphatic heterocycles. The average Bonchev–Trinajstić information content (AvgIpc) is 2.84. The lowest BCUT2D eigenvalue weighted by Crippen LogP contribution is -2.50. The third kappa shape index (κ3) is 2.76. The molecule has 1 aromatic heterocycles. The van der Waals surface area contributed by atoms with E-state index >= 15 is 0 Å². The molecule has 3 unspecified atom stereocenters. The molecule has 3 nitrogen and oxygen atoms in total. The number of rotatable bonds is 2. The van der Waals surface area contributed by atoms with Gasteiger partial charge in [-0.05, 0) is 54.0 Å². The Balaban J connectivity index is 1.87. The lowest BCUT2D eigenvalue weighted by atomic mass is 9.69. The van der Waals surface area contributed by atoms with E-state index in [1.54, 1.807) is 11.3 Å². The molecular weight excluding hydrogens is 282 g/mol. The van der Waals surface area contributed by atoms with E-state index in [9.17, 15) is 9.90 Å². The number of nitrogens with zero attached hydrogens (tertiary/aromatic N) is 1. The van der Waals surface area contributed by atoms with E-state index in [1.165, 1.54) is 17.7 Å². The van der Waals surface area contributed by atoms with Crippen LogP contribution in [-0.2, 0) is 11.2 Å². The van der Waals surface area contributed by atoms with Crippen molar-refractivity contribution in [3.8, 4) is 0 Å². The zero-order valence-electron chi connectivity index (χ0n) is 13.1. The molecule has 116 valence electrons. The molecule has 2 aliphatic rings. The second-order valence-electron chi connectivity index (χ2n) is 7.48. The number of hydrogen-bond donors (Lipinski definition) is 1. The second kappa shape index (κ2) is 5.40. The molecule has 4 heteroatoms. The predicted molar refractivity (Wildman–Crippen MR) is 85.7 cm³/mol. The summed E-state index contributed by atoms with van der Waals surface area (Å²) in [6.07, 6.45) is 4.51. The maximum absolute atomic E-state index is 11.9. The summed E-state index contributed by atoms with van der Waals surface area (Å²) in [7, 11) is 0. The number of carboxylic acid groups (broad SMARTS) is 1. The summed E-state index contributed by atoms with van der Waals surface area (Å²) in [6.45, 7) is 7.86. The van der Waals surface area contributed by atoms with Crippen LogP contribution in [0.4, 0.5) is 0 Å². The van der Waals surface area contributed by atoms with E-state index in [2.05, 4.69) is 25.7 Å². The molecular formula is C17H25NO2S. The Bertz CT molecular complexity index is 537. The highest BCUT2D eigenvalue weighted by Gasteiger charge is 2.42. The number of fused-ring (bicyclic) bond motifs is 1. The van der Waals surface area contributed by atoms with Crippen molar-refractivity contribution in [2.24, 2.45) is 11.3 Å². The minimum absolute atomic E-state index is 0.401. The van der Waals surface area contributed by atoms with Gasteiger partial charge in [0.25, 0.3) is 0 Å². The van der Waals surface area contributed by atoms with Gasteiger partial charge in [-0.15, -0.1) is 11.3 Å². The maximum atomic E-state index is 11.9. The molecule has 1 N–H and O–H groups in total. The van der Waals surface area contributed by atoms with Crippen molar-refractivity contribution in [3.63, 3.8) is 0 Å². The van der Waals surface area contributed by atoms with Gasteiger partial charge in [0, 0.05) is 17.5 Å². The first kappa shape index (κ1) is 15.0. The van der Waals surface area contributed by atoms with Gasteiger partial charge in [0.1, 0.15) is 6.04 Å². The average molecular weight is 307 g/mol. The summed E-state index contributed by atoms with van der Waals surface area (Å²) < 4.78 is 0. The van der Waals surface area contributed by atoms with Crippen molar-refractivity contribution in [2.75, 3.05) is 6.54 Å². The number of thiophene rings is 1. The van der Waals surface area contributed by atoms with Gasteiger partial charge >= 0.3 is 5.97 Å². The fourth-order valence-corrected chi connectivity index (χ4v) is 5.30. The smallest absolute Gasteiger partial charge is 0.325 e. The van der Waals surface area contributed by atoms with Gasteiger partial charge in [0.2, 0.25) is 0 Å². The molecule has 0 radical (unpaired) electrons. The molecule has 1 aliphatic carbocycles. The fourth-order valence-electron chi connectivity index (χ4n) is 4.39. The SMILES string of the molecule is CC1CC(C)(C)CCC1N1CCc2sccc2C1C(=O)O. The minimum atomic E-state index is -0.689. The van der Waals surface area contributed by atoms with Crippen LogP contribution in [0, 0.1) is 11.3 Å². The highest BCUT2D eigenvalue weighted by Crippen LogP contribution is 2.44. The number of hydrogen-bond acceptors (Lipinski definition) is 3. The quantitative estimate of drug-likeness (QED) is 0.899. The molecule has 0 spiro atoms. The van der Waals surface area contributed by atoms with Crippen LogP contribution >= 0.6 is 11.3 Å². The molecule has 0 saturated heterocycles. The second-order valence-corrected chi connectivity index (χ2v) is 8.48. The Kier molecular flexibility index (Phi) is 3.87. The predicted octanol–water partition coefficient (Wildman–Crippen LogP) is 3.95. The zero-order chi connectivity index (χ0) is 15.2. The van der Waals surface area contributed by atoms with E-state index in [-0.39, 0.29) is 0 Å². The summed E-state index contributed by atoms with van der Waals surface area (Å²) in [5.74, 6) is -0.123. The third-order valence-corrected chi connectivity index (χ3v) is 6.31. The van der Waals surface area contributed by atoms with Gasteiger partial charge in [0.05, 0.1) is 0 Å². The van der Waals surface area contributed by atoms with Gasteiger partial charge in [-0.25, -0.2) is 0 Å². The highest BCUT2D eigenvalue weighted by molar-refractivity contribution is 7.10. The monoisotopic (exact) mass is 307 g/mol. The first-order valence-corrected chi connectivity index (χ1v) is 8.82. The van der Waals surface area contributed by atoms with Gasteiger partial charge in [0.15, 0.2) is 0 Å². The summed E-state index contributed by atoms with van der Waals surface area (Å²) >= 11 is 1.71. The van der Waals surface area contributed by atoms with Gasteiger partial charge in [-0.1, -0.05) is 20.8 Å². The van der Waals surface area contributed by atoms with Crippen molar-refractivity contribution in [1.29, 1.82) is 0 Å². The van der Waals surface area contributed by atoms with Crippen LogP contribution in [0.5, 0.6) is 0 Å². The largest absolute Gasteiger partial charge is 0.480 e. The van der Waals surface area contributed by atoms with Crippen molar-refractivity contribution in [2.45, 2.75) is 58.5 Å². The molecule has 1 aromatic rings. The van der Waals surface area contributed by atoms with Crippen molar-refractivity contribution >= 4 is 17.3 Å². The Morgan fingerprint density at radius 2 is 2.24 bits per heavy atom. The first-order chi connectivity index (χ1) is 9.89. The lowest BCUT2D eigenvalue weighted by Gasteiger charge is -2.47. The van der Waals surface area contributed by atoms with Crippen LogP contribution in [0.2, 0.25) is 0 Å². The van der Waals surface area contributed by atoms with Crippen LogP contribution in [-0.4, -0.2) is 28.6 Å². The number of aliphatic carboxylic acids is 1. The molecule has 1 fully saturated rings. The standard InChI is InChI=1S/C17H25NO2S/c1-11-10-17(2,3)7-4-13(11)18-8-5-14-12(6-9-21-14)15(18)16(19)20/h6,9,11,13,15H,4-5,7-8,10H2,1-3H3,(H,19,20). The van der Waals surface area contributed by atoms with Crippen molar-refractivity contribution in [1.82, 2.24) is 4.90 Å². The summed E-state index contributed by atoms with van der Waals surface area (Å²) in [5, 5.41) is 11.8. The van der Waals surface area contributed by atoms with E-state index in [4.69, 9.17) is 0 Å². The molecule has 21 heavy (non-hydrogen) atoms.